The number of hydrogen-bond donors (Lipinski definition) is 5. The van der Waals surface area contributed by atoms with Crippen LogP contribution in [0.2, 0.25) is 0 Å². The van der Waals surface area contributed by atoms with E-state index in [-0.39, 0.29) is 64.9 Å². The van der Waals surface area contributed by atoms with Gasteiger partial charge in [0, 0.05) is 0 Å². The van der Waals surface area contributed by atoms with Gasteiger partial charge in [0.25, 0.3) is 0 Å². The molecule has 0 atom stereocenters. The average Bonchev–Trinajstić information content (AvgIpc) is 2.90. The van der Waals surface area contributed by atoms with Crippen molar-refractivity contribution in [2.45, 2.75) is 0 Å². The normalized spacial score (nSPS) is 6.36. The minimum absolute atomic E-state index is 0. The number of tetrazole rings is 2. The Hall–Kier alpha value is -2.68. The van der Waals surface area contributed by atoms with Crippen LogP contribution in [0.4, 0.5) is 11.9 Å². The Morgan fingerprint density at radius 3 is 1.23 bits per heavy atom. The second kappa shape index (κ2) is 26.8. The van der Waals surface area contributed by atoms with Crippen molar-refractivity contribution in [2.75, 3.05) is 0 Å². The van der Waals surface area contributed by atoms with Crippen LogP contribution in [0.3, 0.4) is 0 Å². The van der Waals surface area contributed by atoms with Crippen LogP contribution in [-0.4, -0.2) is 36.5 Å². The van der Waals surface area contributed by atoms with Crippen molar-refractivity contribution in [2.24, 2.45) is 10.2 Å². The van der Waals surface area contributed by atoms with Crippen LogP contribution in [0.1, 0.15) is 0 Å². The Morgan fingerprint density at radius 2 is 1.05 bits per heavy atom. The molecule has 19 nitrogen and oxygen atoms in total. The largest absolute Gasteiger partial charge is 3.00 e. The molecule has 0 unspecified atom stereocenters. The van der Waals surface area contributed by atoms with Crippen LogP contribution in [0.25, 0.3) is 16.0 Å². The summed E-state index contributed by atoms with van der Waals surface area (Å²) in [6.45, 7) is 0. The number of rotatable bonds is 2. The molecule has 0 amide bonds. The molecule has 0 aliphatic rings. The summed E-state index contributed by atoms with van der Waals surface area (Å²) in [5, 5.41) is 33.3. The zero-order chi connectivity index (χ0) is 10.9. The maximum Gasteiger partial charge on any atom is 3.00 e. The van der Waals surface area contributed by atoms with Crippen LogP contribution in [0.5, 0.6) is 0 Å². The Labute approximate surface area is 133 Å². The van der Waals surface area contributed by atoms with Gasteiger partial charge in [-0.3, -0.25) is 25.3 Å². The maximum atomic E-state index is 6.75. The van der Waals surface area contributed by atoms with Gasteiger partial charge in [0.15, 0.2) is 0 Å². The first kappa shape index (κ1) is 42.7. The maximum absolute atomic E-state index is 6.75. The average molecular weight is 368 g/mol. The molecule has 2 aromatic rings. The monoisotopic (exact) mass is 368 g/mol. The zero-order valence-electron chi connectivity index (χ0n) is 11.2. The van der Waals surface area contributed by atoms with Gasteiger partial charge in [0.2, 0.25) is 0 Å². The predicted molar refractivity (Wildman–Crippen MR) is 69.3 cm³/mol. The van der Waals surface area contributed by atoms with Crippen molar-refractivity contribution >= 4 is 11.9 Å². The fourth-order valence-corrected chi connectivity index (χ4v) is 0.449. The van der Waals surface area contributed by atoms with E-state index in [1.54, 1.807) is 0 Å². The standard InChI is InChI=1S/C2N10.Co.N3.5H3N.H2O/c3(1-5-9-10-6-1)4-2-7-11-12-8-2;;1-3-2;;;;;;/h;;;5*1H3;1H2/q-2;+3;-1;;;;;;/b4-3+;;;;;;;;. The number of azo groups is 1. The molecule has 20 heteroatoms. The van der Waals surface area contributed by atoms with Crippen LogP contribution in [0, 0.1) is 0 Å². The van der Waals surface area contributed by atoms with E-state index in [2.05, 4.69) is 51.5 Å². The molecule has 0 fully saturated rings. The molecule has 130 valence electrons. The smallest absolute Gasteiger partial charge is 0.412 e. The van der Waals surface area contributed by atoms with E-state index in [0.29, 0.717) is 0 Å². The van der Waals surface area contributed by atoms with Crippen LogP contribution < -0.4 is 41.0 Å². The van der Waals surface area contributed by atoms with Gasteiger partial charge in [0.05, 0.1) is 0 Å². The first-order chi connectivity index (χ1) is 7.36. The molecule has 17 N–H and O–H groups in total. The van der Waals surface area contributed by atoms with E-state index in [9.17, 15) is 0 Å². The number of nitrogens with zero attached hydrogens (tertiary/aromatic N) is 13. The Morgan fingerprint density at radius 1 is 0.773 bits per heavy atom. The molecule has 2 heterocycles. The van der Waals surface area contributed by atoms with Crippen molar-refractivity contribution in [1.82, 2.24) is 72.0 Å². The van der Waals surface area contributed by atoms with Gasteiger partial charge in [-0.05, 0) is 0 Å². The first-order valence-electron chi connectivity index (χ1n) is 3.14. The van der Waals surface area contributed by atoms with Gasteiger partial charge in [-0.2, -0.15) is 10.4 Å². The summed E-state index contributed by atoms with van der Waals surface area (Å²) in [5.74, 6) is 0.0830. The van der Waals surface area contributed by atoms with Crippen molar-refractivity contribution in [3.05, 3.63) is 16.0 Å². The summed E-state index contributed by atoms with van der Waals surface area (Å²) in [4.78, 5) is 1.50. The molecule has 0 aliphatic heterocycles. The second-order valence-electron chi connectivity index (χ2n) is 1.65. The summed E-state index contributed by atoms with van der Waals surface area (Å²) >= 11 is 0. The molecule has 2 aromatic heterocycles. The van der Waals surface area contributed by atoms with Gasteiger partial charge >= 0.3 is 16.8 Å². The van der Waals surface area contributed by atoms with Crippen molar-refractivity contribution in [3.63, 3.8) is 0 Å². The number of aromatic nitrogens is 8. The Bertz CT molecular complexity index is 389. The third kappa shape index (κ3) is 17.3. The van der Waals surface area contributed by atoms with Crippen LogP contribution in [-0.2, 0) is 16.8 Å². The third-order valence-electron chi connectivity index (χ3n) is 0.846. The van der Waals surface area contributed by atoms with Gasteiger partial charge in [-0.1, -0.05) is 0 Å². The molecular formula is C2H17CoN18O. The Kier molecular flexibility index (Phi) is 52.0. The van der Waals surface area contributed by atoms with Crippen molar-refractivity contribution in [3.8, 4) is 0 Å². The van der Waals surface area contributed by atoms with Gasteiger partial charge in [0.1, 0.15) is 11.9 Å². The minimum atomic E-state index is 0. The third-order valence-corrected chi connectivity index (χ3v) is 0.846. The summed E-state index contributed by atoms with van der Waals surface area (Å²) in [6.07, 6.45) is 0. The second-order valence-corrected chi connectivity index (χ2v) is 1.65. The molecule has 0 aliphatic carbocycles. The molecule has 0 radical (unpaired) electrons. The van der Waals surface area contributed by atoms with Crippen molar-refractivity contribution in [1.29, 1.82) is 0 Å². The van der Waals surface area contributed by atoms with E-state index >= 15 is 0 Å². The topological polar surface area (TPSA) is 395 Å². The van der Waals surface area contributed by atoms with Crippen LogP contribution >= 0.6 is 0 Å². The summed E-state index contributed by atoms with van der Waals surface area (Å²) in [5.41, 5.74) is 13.5. The molecule has 0 saturated carbocycles. The molecule has 22 heavy (non-hydrogen) atoms. The van der Waals surface area contributed by atoms with E-state index in [1.807, 2.05) is 0 Å². The summed E-state index contributed by atoms with van der Waals surface area (Å²) < 4.78 is 0. The zero-order valence-corrected chi connectivity index (χ0v) is 12.2. The van der Waals surface area contributed by atoms with Gasteiger partial charge in [-0.25, -0.2) is 10.2 Å². The first-order valence-corrected chi connectivity index (χ1v) is 3.14. The molecule has 0 bridgehead atoms. The molecule has 0 spiro atoms. The fraction of sp³-hybridized carbons (Fsp3) is 0. The van der Waals surface area contributed by atoms with Crippen LogP contribution in [0.15, 0.2) is 10.2 Å². The fourth-order valence-electron chi connectivity index (χ4n) is 0.449. The van der Waals surface area contributed by atoms with Gasteiger partial charge in [-0.15, -0.1) is 10.4 Å². The summed E-state index contributed by atoms with van der Waals surface area (Å²) in [7, 11) is 0. The van der Waals surface area contributed by atoms with Crippen molar-refractivity contribution < 1.29 is 22.3 Å². The van der Waals surface area contributed by atoms with Gasteiger partial charge < -0.3 is 47.3 Å². The number of hydrogen-bond acceptors (Lipinski definition) is 13. The molecule has 0 aromatic carbocycles. The van der Waals surface area contributed by atoms with E-state index < -0.39 is 0 Å². The minimum Gasteiger partial charge on any atom is -0.412 e. The van der Waals surface area contributed by atoms with E-state index in [0.717, 1.165) is 0 Å². The van der Waals surface area contributed by atoms with E-state index in [1.165, 1.54) is 4.91 Å². The predicted octanol–water partition coefficient (Wildman–Crippen LogP) is -0.765. The SMILES string of the molecule is N.N.N.N.N.N(=N\c1nnn[n-]1)/c1nnn[n-]1.O.[Co+3].[N-]=[N+]=[N-]. The molecule has 0 saturated heterocycles. The molecular weight excluding hydrogens is 351 g/mol. The Balaban J connectivity index is -0.0000000422. The molecule has 2 rings (SSSR count). The quantitative estimate of drug-likeness (QED) is 0.247. The van der Waals surface area contributed by atoms with E-state index in [4.69, 9.17) is 11.1 Å². The summed E-state index contributed by atoms with van der Waals surface area (Å²) in [6, 6.07) is 0.